The second kappa shape index (κ2) is 5.88. The van der Waals surface area contributed by atoms with Gasteiger partial charge >= 0.3 is 6.18 Å². The molecule has 0 spiro atoms. The smallest absolute Gasteiger partial charge is 0.311 e. The molecule has 2 rings (SSSR count). The monoisotopic (exact) mass is 337 g/mol. The Labute approximate surface area is 128 Å². The van der Waals surface area contributed by atoms with Gasteiger partial charge in [-0.2, -0.15) is 13.2 Å². The zero-order valence-electron chi connectivity index (χ0n) is 10.9. The van der Waals surface area contributed by atoms with Gasteiger partial charge in [-0.25, -0.2) is 0 Å². The molecule has 1 aliphatic heterocycles. The summed E-state index contributed by atoms with van der Waals surface area (Å²) < 4.78 is 37.9. The van der Waals surface area contributed by atoms with Crippen molar-refractivity contribution in [1.82, 2.24) is 0 Å². The first-order valence-electron chi connectivity index (χ1n) is 6.03. The highest BCUT2D eigenvalue weighted by atomic mass is 35.5. The van der Waals surface area contributed by atoms with E-state index in [0.29, 0.717) is 5.69 Å². The summed E-state index contributed by atoms with van der Waals surface area (Å²) in [6.07, 6.45) is -4.35. The molecule has 8 heteroatoms. The van der Waals surface area contributed by atoms with E-state index in [1.54, 1.807) is 0 Å². The number of alkyl halides is 3. The number of anilines is 1. The minimum atomic E-state index is -4.53. The van der Waals surface area contributed by atoms with Crippen molar-refractivity contribution in [3.05, 3.63) is 28.8 Å². The lowest BCUT2D eigenvalue weighted by Gasteiger charge is -2.18. The van der Waals surface area contributed by atoms with E-state index in [2.05, 4.69) is 0 Å². The Morgan fingerprint density at radius 1 is 1.43 bits per heavy atom. The first kappa shape index (κ1) is 16.2. The minimum Gasteiger partial charge on any atom is -0.311 e. The van der Waals surface area contributed by atoms with Crippen LogP contribution in [0.3, 0.4) is 0 Å². The van der Waals surface area contributed by atoms with Gasteiger partial charge in [-0.3, -0.25) is 9.59 Å². The van der Waals surface area contributed by atoms with Crippen LogP contribution in [-0.2, 0) is 15.8 Å². The first-order valence-corrected chi connectivity index (χ1v) is 7.28. The number of carbonyl (C=O) groups excluding carboxylic acids is 2. The van der Waals surface area contributed by atoms with E-state index in [1.165, 1.54) is 17.9 Å². The molecule has 1 atom stereocenters. The zero-order valence-corrected chi connectivity index (χ0v) is 12.5. The minimum absolute atomic E-state index is 0.0971. The highest BCUT2D eigenvalue weighted by Gasteiger charge is 2.35. The van der Waals surface area contributed by atoms with Gasteiger partial charge in [0.2, 0.25) is 5.91 Å². The van der Waals surface area contributed by atoms with Gasteiger partial charge in [0.15, 0.2) is 5.12 Å². The van der Waals surface area contributed by atoms with Crippen LogP contribution in [0.5, 0.6) is 0 Å². The number of halogens is 4. The molecule has 1 fully saturated rings. The third kappa shape index (κ3) is 3.71. The first-order chi connectivity index (χ1) is 9.68. The van der Waals surface area contributed by atoms with Gasteiger partial charge in [-0.15, -0.1) is 0 Å². The molecule has 1 unspecified atom stereocenters. The Morgan fingerprint density at radius 3 is 2.62 bits per heavy atom. The van der Waals surface area contributed by atoms with Gasteiger partial charge in [0, 0.05) is 30.8 Å². The maximum atomic E-state index is 12.6. The quantitative estimate of drug-likeness (QED) is 0.825. The summed E-state index contributed by atoms with van der Waals surface area (Å²) in [5, 5.41) is -0.730. The van der Waals surface area contributed by atoms with Crippen molar-refractivity contribution < 1.29 is 22.8 Å². The number of carbonyl (C=O) groups is 2. The third-order valence-corrected chi connectivity index (χ3v) is 4.29. The lowest BCUT2D eigenvalue weighted by atomic mass is 10.2. The van der Waals surface area contributed by atoms with Crippen LogP contribution < -0.4 is 4.90 Å². The van der Waals surface area contributed by atoms with Crippen LogP contribution in [0, 0.1) is 0 Å². The van der Waals surface area contributed by atoms with Crippen LogP contribution in [-0.4, -0.2) is 22.8 Å². The van der Waals surface area contributed by atoms with Crippen LogP contribution in [0.15, 0.2) is 18.2 Å². The summed E-state index contributed by atoms with van der Waals surface area (Å²) in [7, 11) is 0. The molecule has 0 aromatic heterocycles. The van der Waals surface area contributed by atoms with Crippen LogP contribution >= 0.6 is 23.4 Å². The topological polar surface area (TPSA) is 37.4 Å². The van der Waals surface area contributed by atoms with Gasteiger partial charge < -0.3 is 4.90 Å². The van der Waals surface area contributed by atoms with E-state index < -0.39 is 16.8 Å². The molecule has 0 aliphatic carbocycles. The van der Waals surface area contributed by atoms with Crippen LogP contribution in [0.4, 0.5) is 18.9 Å². The largest absolute Gasteiger partial charge is 0.417 e. The van der Waals surface area contributed by atoms with E-state index in [1.807, 2.05) is 0 Å². The molecule has 3 nitrogen and oxygen atoms in total. The third-order valence-electron chi connectivity index (χ3n) is 2.99. The van der Waals surface area contributed by atoms with E-state index in [-0.39, 0.29) is 29.2 Å². The molecular weight excluding hydrogens is 327 g/mol. The second-order valence-electron chi connectivity index (χ2n) is 4.60. The van der Waals surface area contributed by atoms with Crippen molar-refractivity contribution in [2.75, 3.05) is 11.4 Å². The molecule has 0 bridgehead atoms. The van der Waals surface area contributed by atoms with E-state index >= 15 is 0 Å². The maximum Gasteiger partial charge on any atom is 0.417 e. The molecule has 0 saturated carbocycles. The SMILES string of the molecule is CC(=O)SC1CC(=O)N(c2ccc(C(F)(F)F)c(Cl)c2)C1. The van der Waals surface area contributed by atoms with Gasteiger partial charge in [-0.1, -0.05) is 23.4 Å². The Kier molecular flexibility index (Phi) is 4.53. The Morgan fingerprint density at radius 2 is 2.10 bits per heavy atom. The predicted octanol–water partition coefficient (Wildman–Crippen LogP) is 3.74. The van der Waals surface area contributed by atoms with Crippen LogP contribution in [0.2, 0.25) is 5.02 Å². The fraction of sp³-hybridized carbons (Fsp3) is 0.385. The Bertz CT molecular complexity index is 591. The number of rotatable bonds is 2. The van der Waals surface area contributed by atoms with Crippen molar-refractivity contribution >= 4 is 40.1 Å². The summed E-state index contributed by atoms with van der Waals surface area (Å²) in [6, 6.07) is 3.20. The summed E-state index contributed by atoms with van der Waals surface area (Å²) in [6.45, 7) is 1.69. The molecule has 21 heavy (non-hydrogen) atoms. The Balaban J connectivity index is 2.21. The standard InChI is InChI=1S/C13H11ClF3NO2S/c1-7(19)21-9-5-12(20)18(6-9)8-2-3-10(11(14)4-8)13(15,16)17/h2-4,9H,5-6H2,1H3. The van der Waals surface area contributed by atoms with E-state index in [4.69, 9.17) is 11.6 Å². The zero-order chi connectivity index (χ0) is 15.8. The summed E-state index contributed by atoms with van der Waals surface area (Å²) in [4.78, 5) is 24.3. The molecule has 0 N–H and O–H groups in total. The molecule has 0 radical (unpaired) electrons. The van der Waals surface area contributed by atoms with Gasteiger partial charge in [0.05, 0.1) is 10.6 Å². The number of nitrogens with zero attached hydrogens (tertiary/aromatic N) is 1. The highest BCUT2D eigenvalue weighted by molar-refractivity contribution is 8.14. The fourth-order valence-electron chi connectivity index (χ4n) is 2.14. The average Bonchev–Trinajstić information content (AvgIpc) is 2.67. The van der Waals surface area contributed by atoms with Crippen molar-refractivity contribution in [2.24, 2.45) is 0 Å². The van der Waals surface area contributed by atoms with E-state index in [0.717, 1.165) is 23.9 Å². The average molecular weight is 338 g/mol. The number of hydrogen-bond acceptors (Lipinski definition) is 3. The predicted molar refractivity (Wildman–Crippen MR) is 75.5 cm³/mol. The van der Waals surface area contributed by atoms with E-state index in [9.17, 15) is 22.8 Å². The fourth-order valence-corrected chi connectivity index (χ4v) is 3.34. The molecule has 1 aromatic carbocycles. The Hall–Kier alpha value is -1.21. The second-order valence-corrected chi connectivity index (χ2v) is 6.49. The molecule has 1 aliphatic rings. The summed E-state index contributed by atoms with van der Waals surface area (Å²) >= 11 is 6.71. The van der Waals surface area contributed by atoms with Gasteiger partial charge in [0.1, 0.15) is 0 Å². The summed E-state index contributed by atoms with van der Waals surface area (Å²) in [5.74, 6) is -0.232. The molecule has 1 saturated heterocycles. The maximum absolute atomic E-state index is 12.6. The number of thioether (sulfide) groups is 1. The van der Waals surface area contributed by atoms with Crippen LogP contribution in [0.25, 0.3) is 0 Å². The van der Waals surface area contributed by atoms with Crippen molar-refractivity contribution in [1.29, 1.82) is 0 Å². The molecular formula is C13H11ClF3NO2S. The van der Waals surface area contributed by atoms with Crippen LogP contribution in [0.1, 0.15) is 18.9 Å². The lowest BCUT2D eigenvalue weighted by Crippen LogP contribution is -2.25. The normalized spacial score (nSPS) is 19.2. The number of hydrogen-bond donors (Lipinski definition) is 0. The van der Waals surface area contributed by atoms with Crippen molar-refractivity contribution in [3.63, 3.8) is 0 Å². The summed E-state index contributed by atoms with van der Waals surface area (Å²) in [5.41, 5.74) is -0.626. The molecule has 1 aromatic rings. The number of amides is 1. The lowest BCUT2D eigenvalue weighted by molar-refractivity contribution is -0.137. The highest BCUT2D eigenvalue weighted by Crippen LogP contribution is 2.37. The van der Waals surface area contributed by atoms with Gasteiger partial charge in [0.25, 0.3) is 0 Å². The van der Waals surface area contributed by atoms with Crippen molar-refractivity contribution in [3.8, 4) is 0 Å². The van der Waals surface area contributed by atoms with Crippen molar-refractivity contribution in [2.45, 2.75) is 24.8 Å². The number of benzene rings is 1. The molecule has 114 valence electrons. The van der Waals surface area contributed by atoms with Gasteiger partial charge in [-0.05, 0) is 18.2 Å². The molecule has 1 amide bonds. The molecule has 1 heterocycles.